The molecule has 0 radical (unpaired) electrons. The number of aryl methyl sites for hydroxylation is 1. The number of carbonyl (C=O) groups excluding carboxylic acids is 1. The second kappa shape index (κ2) is 9.31. The lowest BCUT2D eigenvalue weighted by Gasteiger charge is -2.27. The fourth-order valence-corrected chi connectivity index (χ4v) is 4.16. The second-order valence-electron chi connectivity index (χ2n) is 6.83. The summed E-state index contributed by atoms with van der Waals surface area (Å²) in [4.78, 5) is 12.3. The van der Waals surface area contributed by atoms with Crippen LogP contribution in [0.5, 0.6) is 0 Å². The van der Waals surface area contributed by atoms with Crippen LogP contribution >= 0.6 is 0 Å². The van der Waals surface area contributed by atoms with Crippen molar-refractivity contribution < 1.29 is 13.2 Å². The highest BCUT2D eigenvalue weighted by atomic mass is 32.2. The Hall–Kier alpha value is -1.44. The summed E-state index contributed by atoms with van der Waals surface area (Å²) in [5, 5.41) is 6.13. The third kappa shape index (κ3) is 6.41. The lowest BCUT2D eigenvalue weighted by molar-refractivity contribution is -0.122. The van der Waals surface area contributed by atoms with Crippen LogP contribution in [0.2, 0.25) is 0 Å². The first kappa shape index (κ1) is 19.9. The molecule has 1 aromatic carbocycles. The van der Waals surface area contributed by atoms with Gasteiger partial charge in [-0.2, -0.15) is 0 Å². The largest absolute Gasteiger partial charge is 0.355 e. The highest BCUT2D eigenvalue weighted by molar-refractivity contribution is 7.89. The SMILES string of the molecule is Cc1ccc(S(=O)(=O)NCCNC(=O)CC(C)C2CCNCC2)cc1. The summed E-state index contributed by atoms with van der Waals surface area (Å²) in [5.41, 5.74) is 1.01. The molecule has 1 aliphatic rings. The van der Waals surface area contributed by atoms with Crippen LogP contribution in [0.25, 0.3) is 0 Å². The summed E-state index contributed by atoms with van der Waals surface area (Å²) in [6.07, 6.45) is 2.73. The van der Waals surface area contributed by atoms with E-state index in [1.165, 1.54) is 0 Å². The average molecular weight is 368 g/mol. The van der Waals surface area contributed by atoms with E-state index >= 15 is 0 Å². The first-order valence-corrected chi connectivity index (χ1v) is 10.4. The monoisotopic (exact) mass is 367 g/mol. The third-order valence-electron chi connectivity index (χ3n) is 4.77. The Morgan fingerprint density at radius 2 is 1.84 bits per heavy atom. The van der Waals surface area contributed by atoms with E-state index in [0.717, 1.165) is 31.5 Å². The zero-order valence-corrected chi connectivity index (χ0v) is 15.9. The number of piperidine rings is 1. The predicted molar refractivity (Wildman–Crippen MR) is 98.8 cm³/mol. The van der Waals surface area contributed by atoms with Gasteiger partial charge >= 0.3 is 0 Å². The molecule has 0 aromatic heterocycles. The second-order valence-corrected chi connectivity index (χ2v) is 8.60. The van der Waals surface area contributed by atoms with Crippen LogP contribution in [-0.2, 0) is 14.8 Å². The Balaban J connectivity index is 1.69. The number of benzene rings is 1. The highest BCUT2D eigenvalue weighted by Crippen LogP contribution is 2.24. The Kier molecular flexibility index (Phi) is 7.40. The average Bonchev–Trinajstić information content (AvgIpc) is 2.60. The molecule has 0 bridgehead atoms. The number of rotatable bonds is 8. The molecule has 1 fully saturated rings. The molecule has 2 rings (SSSR count). The normalized spacial score (nSPS) is 17.2. The van der Waals surface area contributed by atoms with E-state index in [0.29, 0.717) is 24.8 Å². The van der Waals surface area contributed by atoms with Crippen LogP contribution in [0.15, 0.2) is 29.2 Å². The van der Waals surface area contributed by atoms with Crippen molar-refractivity contribution in [2.24, 2.45) is 11.8 Å². The minimum atomic E-state index is -3.52. The number of hydrogen-bond acceptors (Lipinski definition) is 4. The Bertz CT molecular complexity index is 653. The third-order valence-corrected chi connectivity index (χ3v) is 6.24. The molecule has 1 atom stereocenters. The summed E-state index contributed by atoms with van der Waals surface area (Å²) in [6, 6.07) is 6.69. The van der Waals surface area contributed by atoms with Gasteiger partial charge < -0.3 is 10.6 Å². The van der Waals surface area contributed by atoms with Gasteiger partial charge in [-0.25, -0.2) is 13.1 Å². The molecule has 0 saturated carbocycles. The minimum Gasteiger partial charge on any atom is -0.355 e. The lowest BCUT2D eigenvalue weighted by Crippen LogP contribution is -2.36. The van der Waals surface area contributed by atoms with Gasteiger partial charge in [0.2, 0.25) is 15.9 Å². The van der Waals surface area contributed by atoms with Gasteiger partial charge in [-0.3, -0.25) is 4.79 Å². The summed E-state index contributed by atoms with van der Waals surface area (Å²) in [5.74, 6) is 0.930. The van der Waals surface area contributed by atoms with Gasteiger partial charge in [0.1, 0.15) is 0 Å². The van der Waals surface area contributed by atoms with Crippen molar-refractivity contribution in [3.8, 4) is 0 Å². The molecule has 1 saturated heterocycles. The van der Waals surface area contributed by atoms with Gasteiger partial charge in [0.25, 0.3) is 0 Å². The van der Waals surface area contributed by atoms with Gasteiger partial charge in [0.15, 0.2) is 0 Å². The fraction of sp³-hybridized carbons (Fsp3) is 0.611. The molecule has 7 heteroatoms. The Labute approximate surface area is 150 Å². The van der Waals surface area contributed by atoms with Crippen molar-refractivity contribution in [3.05, 3.63) is 29.8 Å². The zero-order chi connectivity index (χ0) is 18.3. The van der Waals surface area contributed by atoms with Crippen molar-refractivity contribution >= 4 is 15.9 Å². The Morgan fingerprint density at radius 1 is 1.20 bits per heavy atom. The minimum absolute atomic E-state index is 0.0134. The maximum Gasteiger partial charge on any atom is 0.240 e. The van der Waals surface area contributed by atoms with Crippen LogP contribution in [0.3, 0.4) is 0 Å². The molecular weight excluding hydrogens is 338 g/mol. The molecule has 0 aliphatic carbocycles. The van der Waals surface area contributed by atoms with Gasteiger partial charge in [0, 0.05) is 19.5 Å². The number of nitrogens with one attached hydrogen (secondary N) is 3. The summed E-state index contributed by atoms with van der Waals surface area (Å²) < 4.78 is 26.8. The van der Waals surface area contributed by atoms with Crippen molar-refractivity contribution in [1.82, 2.24) is 15.4 Å². The van der Waals surface area contributed by atoms with E-state index in [1.54, 1.807) is 24.3 Å². The van der Waals surface area contributed by atoms with Gasteiger partial charge in [-0.1, -0.05) is 24.6 Å². The molecular formula is C18H29N3O3S. The number of carbonyl (C=O) groups is 1. The molecule has 1 unspecified atom stereocenters. The molecule has 1 heterocycles. The summed E-state index contributed by atoms with van der Waals surface area (Å²) >= 11 is 0. The fourth-order valence-electron chi connectivity index (χ4n) is 3.13. The number of amides is 1. The quantitative estimate of drug-likeness (QED) is 0.607. The van der Waals surface area contributed by atoms with Crippen molar-refractivity contribution in [3.63, 3.8) is 0 Å². The van der Waals surface area contributed by atoms with Crippen LogP contribution in [0.4, 0.5) is 0 Å². The van der Waals surface area contributed by atoms with E-state index in [-0.39, 0.29) is 17.3 Å². The van der Waals surface area contributed by atoms with E-state index in [4.69, 9.17) is 0 Å². The van der Waals surface area contributed by atoms with E-state index in [1.807, 2.05) is 6.92 Å². The smallest absolute Gasteiger partial charge is 0.240 e. The van der Waals surface area contributed by atoms with Crippen LogP contribution in [-0.4, -0.2) is 40.5 Å². The molecule has 140 valence electrons. The van der Waals surface area contributed by atoms with Crippen LogP contribution in [0.1, 0.15) is 31.7 Å². The molecule has 0 spiro atoms. The van der Waals surface area contributed by atoms with Gasteiger partial charge in [-0.05, 0) is 56.8 Å². The van der Waals surface area contributed by atoms with Gasteiger partial charge in [-0.15, -0.1) is 0 Å². The van der Waals surface area contributed by atoms with Crippen molar-refractivity contribution in [2.75, 3.05) is 26.2 Å². The summed E-state index contributed by atoms with van der Waals surface area (Å²) in [6.45, 7) is 6.56. The predicted octanol–water partition coefficient (Wildman–Crippen LogP) is 1.42. The molecule has 1 aliphatic heterocycles. The molecule has 1 aromatic rings. The highest BCUT2D eigenvalue weighted by Gasteiger charge is 2.22. The number of sulfonamides is 1. The van der Waals surface area contributed by atoms with Crippen molar-refractivity contribution in [1.29, 1.82) is 0 Å². The maximum absolute atomic E-state index is 12.1. The Morgan fingerprint density at radius 3 is 2.48 bits per heavy atom. The topological polar surface area (TPSA) is 87.3 Å². The molecule has 6 nitrogen and oxygen atoms in total. The molecule has 25 heavy (non-hydrogen) atoms. The van der Waals surface area contributed by atoms with Crippen LogP contribution < -0.4 is 15.4 Å². The molecule has 3 N–H and O–H groups in total. The van der Waals surface area contributed by atoms with E-state index in [2.05, 4.69) is 22.3 Å². The van der Waals surface area contributed by atoms with Gasteiger partial charge in [0.05, 0.1) is 4.90 Å². The van der Waals surface area contributed by atoms with Crippen LogP contribution in [0, 0.1) is 18.8 Å². The number of hydrogen-bond donors (Lipinski definition) is 3. The van der Waals surface area contributed by atoms with E-state index in [9.17, 15) is 13.2 Å². The zero-order valence-electron chi connectivity index (χ0n) is 15.0. The van der Waals surface area contributed by atoms with E-state index < -0.39 is 10.0 Å². The lowest BCUT2D eigenvalue weighted by atomic mass is 9.84. The first-order chi connectivity index (χ1) is 11.9. The standard InChI is InChI=1S/C18H29N3O3S/c1-14-3-5-17(6-4-14)25(23,24)21-12-11-20-18(22)13-15(2)16-7-9-19-10-8-16/h3-6,15-16,19,21H,7-13H2,1-2H3,(H,20,22). The first-order valence-electron chi connectivity index (χ1n) is 8.92. The summed E-state index contributed by atoms with van der Waals surface area (Å²) in [7, 11) is -3.52. The maximum atomic E-state index is 12.1. The molecule has 1 amide bonds. The van der Waals surface area contributed by atoms with Crippen molar-refractivity contribution in [2.45, 2.75) is 38.0 Å².